The molecule has 0 aliphatic heterocycles. The molecule has 1 unspecified atom stereocenters. The predicted molar refractivity (Wildman–Crippen MR) is 68.8 cm³/mol. The minimum Gasteiger partial charge on any atom is -0.494 e. The normalized spacial score (nSPS) is 12.4. The van der Waals surface area contributed by atoms with E-state index in [4.69, 9.17) is 10.5 Å². The maximum Gasteiger partial charge on any atom is 0.119 e. The van der Waals surface area contributed by atoms with Crippen LogP contribution in [-0.4, -0.2) is 12.6 Å². The number of hydrogen-bond donors (Lipinski definition) is 1. The fraction of sp³-hybridized carbons (Fsp3) is 0.571. The van der Waals surface area contributed by atoms with Crippen LogP contribution in [0, 0.1) is 0 Å². The first-order valence-electron chi connectivity index (χ1n) is 6.19. The summed E-state index contributed by atoms with van der Waals surface area (Å²) in [4.78, 5) is 0. The molecule has 1 rings (SSSR count). The molecule has 0 bridgehead atoms. The quantitative estimate of drug-likeness (QED) is 0.767. The van der Waals surface area contributed by atoms with Gasteiger partial charge in [-0.05, 0) is 43.9 Å². The molecule has 90 valence electrons. The van der Waals surface area contributed by atoms with Crippen molar-refractivity contribution in [2.45, 2.75) is 45.6 Å². The summed E-state index contributed by atoms with van der Waals surface area (Å²) in [6.07, 6.45) is 4.56. The second kappa shape index (κ2) is 7.29. The Morgan fingerprint density at radius 3 is 2.50 bits per heavy atom. The molecule has 16 heavy (non-hydrogen) atoms. The van der Waals surface area contributed by atoms with Crippen molar-refractivity contribution in [3.63, 3.8) is 0 Å². The summed E-state index contributed by atoms with van der Waals surface area (Å²) in [6.45, 7) is 4.91. The number of aryl methyl sites for hydroxylation is 1. The number of benzene rings is 1. The number of rotatable bonds is 7. The molecule has 0 radical (unpaired) electrons. The average Bonchev–Trinajstić information content (AvgIpc) is 2.27. The minimum atomic E-state index is 0.212. The van der Waals surface area contributed by atoms with Crippen LogP contribution in [0.1, 0.15) is 38.7 Å². The van der Waals surface area contributed by atoms with Crippen LogP contribution in [0.15, 0.2) is 24.3 Å². The number of unbranched alkanes of at least 4 members (excludes halogenated alkanes) is 1. The van der Waals surface area contributed by atoms with E-state index in [9.17, 15) is 0 Å². The Labute approximate surface area is 98.8 Å². The Bertz CT molecular complexity index is 279. The summed E-state index contributed by atoms with van der Waals surface area (Å²) in [5, 5.41) is 0. The lowest BCUT2D eigenvalue weighted by Crippen LogP contribution is -2.18. The van der Waals surface area contributed by atoms with E-state index in [0.717, 1.165) is 18.6 Å². The molecule has 0 amide bonds. The molecule has 0 aliphatic carbocycles. The third kappa shape index (κ3) is 5.17. The number of nitrogens with two attached hydrogens (primary N) is 1. The zero-order chi connectivity index (χ0) is 11.8. The van der Waals surface area contributed by atoms with Gasteiger partial charge in [-0.2, -0.15) is 0 Å². The Balaban J connectivity index is 2.33. The van der Waals surface area contributed by atoms with Gasteiger partial charge >= 0.3 is 0 Å². The molecule has 2 nitrogen and oxygen atoms in total. The van der Waals surface area contributed by atoms with E-state index in [1.807, 2.05) is 19.1 Å². The zero-order valence-corrected chi connectivity index (χ0v) is 10.4. The predicted octanol–water partition coefficient (Wildman–Crippen LogP) is 3.15. The Morgan fingerprint density at radius 1 is 1.25 bits per heavy atom. The molecule has 1 atom stereocenters. The van der Waals surface area contributed by atoms with Gasteiger partial charge in [-0.3, -0.25) is 0 Å². The van der Waals surface area contributed by atoms with E-state index in [0.29, 0.717) is 6.61 Å². The maximum atomic E-state index is 5.66. The van der Waals surface area contributed by atoms with Crippen molar-refractivity contribution in [1.29, 1.82) is 0 Å². The molecule has 0 saturated heterocycles. The van der Waals surface area contributed by atoms with Crippen LogP contribution in [0.4, 0.5) is 0 Å². The molecule has 0 aliphatic rings. The monoisotopic (exact) mass is 221 g/mol. The van der Waals surface area contributed by atoms with Crippen molar-refractivity contribution < 1.29 is 4.74 Å². The highest BCUT2D eigenvalue weighted by molar-refractivity contribution is 5.27. The summed E-state index contributed by atoms with van der Waals surface area (Å²) in [5.74, 6) is 0.945. The topological polar surface area (TPSA) is 35.2 Å². The van der Waals surface area contributed by atoms with Gasteiger partial charge in [-0.15, -0.1) is 0 Å². The Kier molecular flexibility index (Phi) is 5.94. The summed E-state index contributed by atoms with van der Waals surface area (Å²) < 4.78 is 5.60. The van der Waals surface area contributed by atoms with Gasteiger partial charge in [0.25, 0.3) is 0 Å². The van der Waals surface area contributed by atoms with Gasteiger partial charge in [0.1, 0.15) is 5.75 Å². The average molecular weight is 221 g/mol. The molecule has 1 aromatic carbocycles. The molecular weight excluding hydrogens is 198 g/mol. The summed E-state index contributed by atoms with van der Waals surface area (Å²) in [7, 11) is 0. The van der Waals surface area contributed by atoms with E-state index in [-0.39, 0.29) is 6.04 Å². The highest BCUT2D eigenvalue weighted by Crippen LogP contribution is 2.14. The van der Waals surface area contributed by atoms with Crippen molar-refractivity contribution in [3.05, 3.63) is 29.8 Å². The van der Waals surface area contributed by atoms with Gasteiger partial charge in [0, 0.05) is 6.04 Å². The van der Waals surface area contributed by atoms with Gasteiger partial charge in [0.2, 0.25) is 0 Å². The van der Waals surface area contributed by atoms with Crippen LogP contribution in [0.2, 0.25) is 0 Å². The van der Waals surface area contributed by atoms with Gasteiger partial charge < -0.3 is 10.5 Å². The first-order valence-corrected chi connectivity index (χ1v) is 6.19. The lowest BCUT2D eigenvalue weighted by atomic mass is 10.1. The molecule has 0 heterocycles. The molecule has 0 fully saturated rings. The van der Waals surface area contributed by atoms with Gasteiger partial charge in [0.05, 0.1) is 6.61 Å². The summed E-state index contributed by atoms with van der Waals surface area (Å²) >= 11 is 0. The van der Waals surface area contributed by atoms with E-state index in [1.54, 1.807) is 0 Å². The third-order valence-corrected chi connectivity index (χ3v) is 2.58. The standard InChI is InChI=1S/C14H23NO/c1-3-4-5-13-6-8-14(9-7-13)16-11-10-12(2)15/h6-9,12H,3-5,10-11,15H2,1-2H3. The van der Waals surface area contributed by atoms with E-state index < -0.39 is 0 Å². The van der Waals surface area contributed by atoms with Crippen molar-refractivity contribution in [2.24, 2.45) is 5.73 Å². The molecule has 0 spiro atoms. The first kappa shape index (κ1) is 13.0. The molecule has 2 heteroatoms. The van der Waals surface area contributed by atoms with Crippen molar-refractivity contribution in [2.75, 3.05) is 6.61 Å². The van der Waals surface area contributed by atoms with Gasteiger partial charge in [-0.25, -0.2) is 0 Å². The van der Waals surface area contributed by atoms with Crippen molar-refractivity contribution in [1.82, 2.24) is 0 Å². The molecule has 2 N–H and O–H groups in total. The number of ether oxygens (including phenoxy) is 1. The van der Waals surface area contributed by atoms with Gasteiger partial charge in [0.15, 0.2) is 0 Å². The van der Waals surface area contributed by atoms with E-state index >= 15 is 0 Å². The Morgan fingerprint density at radius 2 is 1.94 bits per heavy atom. The second-order valence-electron chi connectivity index (χ2n) is 4.36. The molecule has 1 aromatic rings. The van der Waals surface area contributed by atoms with Crippen LogP contribution >= 0.6 is 0 Å². The SMILES string of the molecule is CCCCc1ccc(OCCC(C)N)cc1. The number of hydrogen-bond acceptors (Lipinski definition) is 2. The maximum absolute atomic E-state index is 5.66. The van der Waals surface area contributed by atoms with Gasteiger partial charge in [-0.1, -0.05) is 25.5 Å². The highest BCUT2D eigenvalue weighted by atomic mass is 16.5. The lowest BCUT2D eigenvalue weighted by molar-refractivity contribution is 0.301. The van der Waals surface area contributed by atoms with Crippen LogP contribution in [0.25, 0.3) is 0 Å². The van der Waals surface area contributed by atoms with Crippen LogP contribution in [0.5, 0.6) is 5.75 Å². The highest BCUT2D eigenvalue weighted by Gasteiger charge is 1.97. The molecular formula is C14H23NO. The third-order valence-electron chi connectivity index (χ3n) is 2.58. The summed E-state index contributed by atoms with van der Waals surface area (Å²) in [6, 6.07) is 8.61. The first-order chi connectivity index (χ1) is 7.72. The second-order valence-corrected chi connectivity index (χ2v) is 4.36. The van der Waals surface area contributed by atoms with E-state index in [2.05, 4.69) is 19.1 Å². The Hall–Kier alpha value is -1.02. The van der Waals surface area contributed by atoms with Crippen LogP contribution in [0.3, 0.4) is 0 Å². The van der Waals surface area contributed by atoms with Crippen molar-refractivity contribution in [3.8, 4) is 5.75 Å². The van der Waals surface area contributed by atoms with Crippen molar-refractivity contribution >= 4 is 0 Å². The summed E-state index contributed by atoms with van der Waals surface area (Å²) in [5.41, 5.74) is 7.05. The fourth-order valence-corrected chi connectivity index (χ4v) is 1.50. The molecule has 0 aromatic heterocycles. The fourth-order valence-electron chi connectivity index (χ4n) is 1.50. The largest absolute Gasteiger partial charge is 0.494 e. The lowest BCUT2D eigenvalue weighted by Gasteiger charge is -2.08. The smallest absolute Gasteiger partial charge is 0.119 e. The van der Waals surface area contributed by atoms with Crippen LogP contribution in [-0.2, 0) is 6.42 Å². The van der Waals surface area contributed by atoms with E-state index in [1.165, 1.54) is 18.4 Å². The zero-order valence-electron chi connectivity index (χ0n) is 10.4. The van der Waals surface area contributed by atoms with Crippen LogP contribution < -0.4 is 10.5 Å². The molecule has 0 saturated carbocycles. The minimum absolute atomic E-state index is 0.212.